The topological polar surface area (TPSA) is 17.1 Å². The first-order valence-electron chi connectivity index (χ1n) is 5.29. The van der Waals surface area contributed by atoms with Gasteiger partial charge in [-0.25, -0.2) is 4.39 Å². The fraction of sp³-hybridized carbons (Fsp3) is 0.0714. The average molecular weight is 328 g/mol. The minimum absolute atomic E-state index is 0.111. The second-order valence-corrected chi connectivity index (χ2v) is 5.12. The SMILES string of the molecule is O=C(Cc1ccc(Br)cc1)c1cccc(F)c1Cl. The third-order valence-electron chi connectivity index (χ3n) is 2.53. The highest BCUT2D eigenvalue weighted by molar-refractivity contribution is 9.10. The number of hydrogen-bond acceptors (Lipinski definition) is 1. The molecule has 0 heterocycles. The van der Waals surface area contributed by atoms with E-state index in [1.807, 2.05) is 24.3 Å². The van der Waals surface area contributed by atoms with E-state index >= 15 is 0 Å². The number of benzene rings is 2. The molecular weight excluding hydrogens is 319 g/mol. The van der Waals surface area contributed by atoms with E-state index in [2.05, 4.69) is 15.9 Å². The van der Waals surface area contributed by atoms with Crippen LogP contribution in [0, 0.1) is 5.82 Å². The van der Waals surface area contributed by atoms with Crippen LogP contribution in [-0.2, 0) is 6.42 Å². The zero-order chi connectivity index (χ0) is 13.1. The molecule has 4 heteroatoms. The predicted octanol–water partition coefficient (Wildman–Crippen LogP) is 4.67. The first-order valence-corrected chi connectivity index (χ1v) is 6.46. The molecular formula is C14H9BrClFO. The van der Waals surface area contributed by atoms with E-state index in [0.29, 0.717) is 0 Å². The monoisotopic (exact) mass is 326 g/mol. The zero-order valence-corrected chi connectivity index (χ0v) is 11.6. The van der Waals surface area contributed by atoms with Crippen LogP contribution >= 0.6 is 27.5 Å². The van der Waals surface area contributed by atoms with E-state index in [1.54, 1.807) is 0 Å². The Hall–Kier alpha value is -1.19. The minimum atomic E-state index is -0.571. The van der Waals surface area contributed by atoms with E-state index in [4.69, 9.17) is 11.6 Å². The summed E-state index contributed by atoms with van der Waals surface area (Å²) in [5.74, 6) is -0.764. The van der Waals surface area contributed by atoms with Crippen LogP contribution in [0.4, 0.5) is 4.39 Å². The van der Waals surface area contributed by atoms with Crippen LogP contribution in [0.5, 0.6) is 0 Å². The first kappa shape index (κ1) is 13.2. The van der Waals surface area contributed by atoms with Gasteiger partial charge in [0, 0.05) is 16.5 Å². The Bertz CT molecular complexity index is 581. The molecule has 0 fully saturated rings. The van der Waals surface area contributed by atoms with Crippen LogP contribution in [0.25, 0.3) is 0 Å². The van der Waals surface area contributed by atoms with E-state index < -0.39 is 5.82 Å². The molecule has 0 amide bonds. The average Bonchev–Trinajstić information content (AvgIpc) is 2.35. The third kappa shape index (κ3) is 2.98. The molecule has 0 spiro atoms. The van der Waals surface area contributed by atoms with Gasteiger partial charge in [0.25, 0.3) is 0 Å². The highest BCUT2D eigenvalue weighted by atomic mass is 79.9. The summed E-state index contributed by atoms with van der Waals surface area (Å²) in [5, 5.41) is -0.111. The van der Waals surface area contributed by atoms with Gasteiger partial charge in [0.1, 0.15) is 5.82 Å². The molecule has 2 rings (SSSR count). The van der Waals surface area contributed by atoms with E-state index in [-0.39, 0.29) is 22.8 Å². The molecule has 0 aliphatic heterocycles. The Balaban J connectivity index is 2.22. The Kier molecular flexibility index (Phi) is 4.15. The van der Waals surface area contributed by atoms with Gasteiger partial charge in [0.15, 0.2) is 5.78 Å². The summed E-state index contributed by atoms with van der Waals surface area (Å²) in [6.07, 6.45) is 0.205. The lowest BCUT2D eigenvalue weighted by Crippen LogP contribution is -2.05. The maximum absolute atomic E-state index is 13.2. The largest absolute Gasteiger partial charge is 0.294 e. The van der Waals surface area contributed by atoms with Gasteiger partial charge in [0.2, 0.25) is 0 Å². The van der Waals surface area contributed by atoms with Gasteiger partial charge in [-0.05, 0) is 29.8 Å². The minimum Gasteiger partial charge on any atom is -0.294 e. The van der Waals surface area contributed by atoms with E-state index in [1.165, 1.54) is 18.2 Å². The van der Waals surface area contributed by atoms with E-state index in [0.717, 1.165) is 10.0 Å². The van der Waals surface area contributed by atoms with Crippen molar-refractivity contribution in [2.24, 2.45) is 0 Å². The Morgan fingerprint density at radius 2 is 1.83 bits per heavy atom. The molecule has 1 nitrogen and oxygen atoms in total. The summed E-state index contributed by atoms with van der Waals surface area (Å²) in [6.45, 7) is 0. The normalized spacial score (nSPS) is 10.4. The van der Waals surface area contributed by atoms with Crippen molar-refractivity contribution in [1.29, 1.82) is 0 Å². The molecule has 0 aromatic heterocycles. The lowest BCUT2D eigenvalue weighted by atomic mass is 10.0. The van der Waals surface area contributed by atoms with Gasteiger partial charge in [-0.2, -0.15) is 0 Å². The second kappa shape index (κ2) is 5.63. The third-order valence-corrected chi connectivity index (χ3v) is 3.44. The molecule has 0 unspecified atom stereocenters. The van der Waals surface area contributed by atoms with Crippen LogP contribution in [0.2, 0.25) is 5.02 Å². The van der Waals surface area contributed by atoms with Crippen molar-refractivity contribution in [2.45, 2.75) is 6.42 Å². The molecule has 0 N–H and O–H groups in total. The summed E-state index contributed by atoms with van der Waals surface area (Å²) in [7, 11) is 0. The molecule has 0 bridgehead atoms. The molecule has 0 saturated carbocycles. The van der Waals surface area contributed by atoms with Crippen molar-refractivity contribution < 1.29 is 9.18 Å². The maximum Gasteiger partial charge on any atom is 0.168 e. The fourth-order valence-corrected chi connectivity index (χ4v) is 2.10. The number of carbonyl (C=O) groups excluding carboxylic acids is 1. The molecule has 92 valence electrons. The maximum atomic E-state index is 13.2. The van der Waals surface area contributed by atoms with Crippen molar-refractivity contribution in [3.63, 3.8) is 0 Å². The zero-order valence-electron chi connectivity index (χ0n) is 9.29. The number of Topliss-reactive ketones (excluding diaryl/α,β-unsaturated/α-hetero) is 1. The lowest BCUT2D eigenvalue weighted by molar-refractivity contribution is 0.0992. The molecule has 0 aliphatic carbocycles. The number of halogens is 3. The number of ketones is 1. The van der Waals surface area contributed by atoms with Gasteiger partial charge in [0.05, 0.1) is 5.02 Å². The summed E-state index contributed by atoms with van der Waals surface area (Å²) in [6, 6.07) is 11.7. The van der Waals surface area contributed by atoms with Crippen LogP contribution in [-0.4, -0.2) is 5.78 Å². The lowest BCUT2D eigenvalue weighted by Gasteiger charge is -2.04. The molecule has 0 saturated heterocycles. The van der Waals surface area contributed by atoms with Gasteiger partial charge < -0.3 is 0 Å². The fourth-order valence-electron chi connectivity index (χ4n) is 1.60. The highest BCUT2D eigenvalue weighted by Gasteiger charge is 2.13. The summed E-state index contributed by atoms with van der Waals surface area (Å²) >= 11 is 9.10. The standard InChI is InChI=1S/C14H9BrClFO/c15-10-6-4-9(5-7-10)8-13(18)11-2-1-3-12(17)14(11)16/h1-7H,8H2. The number of rotatable bonds is 3. The molecule has 2 aromatic carbocycles. The van der Waals surface area contributed by atoms with Gasteiger partial charge >= 0.3 is 0 Å². The highest BCUT2D eigenvalue weighted by Crippen LogP contribution is 2.21. The van der Waals surface area contributed by atoms with Gasteiger partial charge in [-0.15, -0.1) is 0 Å². The Morgan fingerprint density at radius 3 is 2.50 bits per heavy atom. The molecule has 0 aliphatic rings. The number of carbonyl (C=O) groups is 1. The molecule has 0 radical (unpaired) electrons. The van der Waals surface area contributed by atoms with Crippen LogP contribution < -0.4 is 0 Å². The summed E-state index contributed by atoms with van der Waals surface area (Å²) in [5.41, 5.74) is 1.09. The number of hydrogen-bond donors (Lipinski definition) is 0. The molecule has 0 atom stereocenters. The van der Waals surface area contributed by atoms with Crippen LogP contribution in [0.3, 0.4) is 0 Å². The van der Waals surface area contributed by atoms with Crippen molar-refractivity contribution >= 4 is 33.3 Å². The van der Waals surface area contributed by atoms with Crippen molar-refractivity contribution in [3.8, 4) is 0 Å². The van der Waals surface area contributed by atoms with Gasteiger partial charge in [-0.1, -0.05) is 45.7 Å². The Labute approximate surface area is 118 Å². The van der Waals surface area contributed by atoms with Crippen molar-refractivity contribution in [1.82, 2.24) is 0 Å². The molecule has 18 heavy (non-hydrogen) atoms. The Morgan fingerprint density at radius 1 is 1.17 bits per heavy atom. The first-order chi connectivity index (χ1) is 8.58. The van der Waals surface area contributed by atoms with Crippen molar-refractivity contribution in [3.05, 3.63) is 68.9 Å². The predicted molar refractivity (Wildman–Crippen MR) is 73.6 cm³/mol. The second-order valence-electron chi connectivity index (χ2n) is 3.83. The van der Waals surface area contributed by atoms with Gasteiger partial charge in [-0.3, -0.25) is 4.79 Å². The quantitative estimate of drug-likeness (QED) is 0.749. The van der Waals surface area contributed by atoms with Crippen LogP contribution in [0.15, 0.2) is 46.9 Å². The molecule has 2 aromatic rings. The summed E-state index contributed by atoms with van der Waals surface area (Å²) < 4.78 is 14.2. The van der Waals surface area contributed by atoms with E-state index in [9.17, 15) is 9.18 Å². The van der Waals surface area contributed by atoms with Crippen molar-refractivity contribution in [2.75, 3.05) is 0 Å². The summed E-state index contributed by atoms with van der Waals surface area (Å²) in [4.78, 5) is 12.0. The smallest absolute Gasteiger partial charge is 0.168 e. The van der Waals surface area contributed by atoms with Crippen LogP contribution in [0.1, 0.15) is 15.9 Å².